The molecule has 5 heteroatoms. The Balaban J connectivity index is 2.55. The minimum atomic E-state index is -1.14. The molecule has 0 amide bonds. The van der Waals surface area contributed by atoms with Gasteiger partial charge >= 0.3 is 0 Å². The average molecular weight is 256 g/mol. The number of aromatic hydroxyl groups is 1. The van der Waals surface area contributed by atoms with E-state index in [2.05, 4.69) is 0 Å². The van der Waals surface area contributed by atoms with Gasteiger partial charge in [0, 0.05) is 18.2 Å². The normalized spacial score (nSPS) is 14.3. The fraction of sp³-hybridized carbons (Fsp3) is 0.417. The van der Waals surface area contributed by atoms with Gasteiger partial charge in [-0.15, -0.1) is 0 Å². The van der Waals surface area contributed by atoms with Crippen LogP contribution in [-0.2, 0) is 4.79 Å². The zero-order valence-electron chi connectivity index (χ0n) is 9.54. The number of aliphatic hydroxyl groups excluding tert-OH is 2. The highest BCUT2D eigenvalue weighted by Gasteiger charge is 2.20. The van der Waals surface area contributed by atoms with E-state index in [9.17, 15) is 20.1 Å². The first-order chi connectivity index (χ1) is 8.02. The monoisotopic (exact) mass is 256 g/mol. The number of benzene rings is 1. The number of carbonyl (C=O) groups is 1. The van der Waals surface area contributed by atoms with E-state index in [0.717, 1.165) is 11.8 Å². The maximum atomic E-state index is 10.7. The van der Waals surface area contributed by atoms with Crippen LogP contribution in [0.25, 0.3) is 0 Å². The predicted molar refractivity (Wildman–Crippen MR) is 66.8 cm³/mol. The van der Waals surface area contributed by atoms with Crippen molar-refractivity contribution in [1.82, 2.24) is 0 Å². The van der Waals surface area contributed by atoms with Gasteiger partial charge in [0.25, 0.3) is 0 Å². The van der Waals surface area contributed by atoms with Crippen molar-refractivity contribution in [2.45, 2.75) is 25.6 Å². The van der Waals surface area contributed by atoms with E-state index in [4.69, 9.17) is 0 Å². The van der Waals surface area contributed by atoms with E-state index < -0.39 is 12.2 Å². The van der Waals surface area contributed by atoms with Gasteiger partial charge in [0.15, 0.2) is 5.12 Å². The van der Waals surface area contributed by atoms with Gasteiger partial charge in [-0.05, 0) is 12.5 Å². The smallest absolute Gasteiger partial charge is 0.185 e. The molecule has 0 bridgehead atoms. The number of carbonyl (C=O) groups excluding carboxylic acids is 1. The maximum Gasteiger partial charge on any atom is 0.185 e. The van der Waals surface area contributed by atoms with Crippen molar-refractivity contribution < 1.29 is 20.1 Å². The highest BCUT2D eigenvalue weighted by molar-refractivity contribution is 8.13. The first kappa shape index (κ1) is 14.0. The van der Waals surface area contributed by atoms with Gasteiger partial charge in [0.05, 0.1) is 6.10 Å². The van der Waals surface area contributed by atoms with Crippen LogP contribution in [0.3, 0.4) is 0 Å². The highest BCUT2D eigenvalue weighted by Crippen LogP contribution is 2.27. The molecule has 4 nitrogen and oxygen atoms in total. The Morgan fingerprint density at radius 3 is 2.59 bits per heavy atom. The summed E-state index contributed by atoms with van der Waals surface area (Å²) in [7, 11) is 0. The van der Waals surface area contributed by atoms with E-state index in [-0.39, 0.29) is 10.9 Å². The summed E-state index contributed by atoms with van der Waals surface area (Å²) >= 11 is 1.10. The van der Waals surface area contributed by atoms with Crippen LogP contribution in [0.1, 0.15) is 25.0 Å². The lowest BCUT2D eigenvalue weighted by atomic mass is 10.0. The molecule has 1 aromatic carbocycles. The van der Waals surface area contributed by atoms with Crippen LogP contribution in [-0.4, -0.2) is 32.3 Å². The number of phenolic OH excluding ortho intramolecular Hbond substituents is 1. The summed E-state index contributed by atoms with van der Waals surface area (Å²) in [5, 5.41) is 29.0. The van der Waals surface area contributed by atoms with Crippen molar-refractivity contribution in [3.05, 3.63) is 29.8 Å². The average Bonchev–Trinajstić information content (AvgIpc) is 2.28. The van der Waals surface area contributed by atoms with E-state index in [1.807, 2.05) is 0 Å². The SMILES string of the molecule is CC(=O)SCCC(O)C(O)c1ccccc1O. The molecule has 0 aromatic heterocycles. The lowest BCUT2D eigenvalue weighted by Crippen LogP contribution is -2.19. The molecule has 2 unspecified atom stereocenters. The van der Waals surface area contributed by atoms with E-state index in [1.165, 1.54) is 13.0 Å². The molecular weight excluding hydrogens is 240 g/mol. The molecule has 0 heterocycles. The number of hydrogen-bond acceptors (Lipinski definition) is 5. The van der Waals surface area contributed by atoms with Gasteiger partial charge in [-0.25, -0.2) is 0 Å². The Labute approximate surface area is 104 Å². The largest absolute Gasteiger partial charge is 0.508 e. The molecule has 3 N–H and O–H groups in total. The van der Waals surface area contributed by atoms with Crippen LogP contribution in [0.2, 0.25) is 0 Å². The summed E-state index contributed by atoms with van der Waals surface area (Å²) in [6.45, 7) is 1.45. The summed E-state index contributed by atoms with van der Waals surface area (Å²) in [5.74, 6) is 0.402. The van der Waals surface area contributed by atoms with Crippen LogP contribution in [0.15, 0.2) is 24.3 Å². The minimum Gasteiger partial charge on any atom is -0.508 e. The molecule has 2 atom stereocenters. The van der Waals surface area contributed by atoms with Crippen molar-refractivity contribution >= 4 is 16.9 Å². The second-order valence-electron chi connectivity index (χ2n) is 3.70. The molecule has 0 aliphatic carbocycles. The van der Waals surface area contributed by atoms with E-state index in [0.29, 0.717) is 17.7 Å². The third kappa shape index (κ3) is 4.38. The third-order valence-corrected chi connectivity index (χ3v) is 3.19. The summed E-state index contributed by atoms with van der Waals surface area (Å²) < 4.78 is 0. The molecule has 0 saturated carbocycles. The standard InChI is InChI=1S/C12H16O4S/c1-8(13)17-7-6-11(15)12(16)9-4-2-3-5-10(9)14/h2-5,11-12,14-16H,6-7H2,1H3. The number of thioether (sulfide) groups is 1. The van der Waals surface area contributed by atoms with E-state index in [1.54, 1.807) is 18.2 Å². The van der Waals surface area contributed by atoms with Gasteiger partial charge in [0.2, 0.25) is 0 Å². The molecule has 0 aliphatic rings. The number of aliphatic hydroxyl groups is 2. The summed E-state index contributed by atoms with van der Waals surface area (Å²) in [5.41, 5.74) is 0.299. The van der Waals surface area contributed by atoms with Crippen molar-refractivity contribution in [3.63, 3.8) is 0 Å². The molecule has 0 saturated heterocycles. The Hall–Kier alpha value is -1.04. The molecule has 0 aliphatic heterocycles. The van der Waals surface area contributed by atoms with Crippen molar-refractivity contribution in [2.24, 2.45) is 0 Å². The molecular formula is C12H16O4S. The molecule has 0 radical (unpaired) electrons. The fourth-order valence-corrected chi connectivity index (χ4v) is 2.07. The first-order valence-electron chi connectivity index (χ1n) is 5.29. The second-order valence-corrected chi connectivity index (χ2v) is 4.97. The third-order valence-electron chi connectivity index (χ3n) is 2.34. The fourth-order valence-electron chi connectivity index (χ4n) is 1.43. The van der Waals surface area contributed by atoms with Gasteiger partial charge in [-0.1, -0.05) is 30.0 Å². The molecule has 17 heavy (non-hydrogen) atoms. The summed E-state index contributed by atoms with van der Waals surface area (Å²) in [4.78, 5) is 10.7. The number of rotatable bonds is 5. The zero-order chi connectivity index (χ0) is 12.8. The Morgan fingerprint density at radius 1 is 1.35 bits per heavy atom. The predicted octanol–water partition coefficient (Wildman–Crippen LogP) is 1.46. The molecule has 0 fully saturated rings. The van der Waals surface area contributed by atoms with Crippen LogP contribution >= 0.6 is 11.8 Å². The van der Waals surface area contributed by atoms with Crippen LogP contribution in [0.5, 0.6) is 5.75 Å². The topological polar surface area (TPSA) is 77.8 Å². The van der Waals surface area contributed by atoms with E-state index >= 15 is 0 Å². The lowest BCUT2D eigenvalue weighted by Gasteiger charge is -2.18. The Bertz CT molecular complexity index is 381. The van der Waals surface area contributed by atoms with Crippen molar-refractivity contribution in [2.75, 3.05) is 5.75 Å². The molecule has 1 aromatic rings. The molecule has 1 rings (SSSR count). The lowest BCUT2D eigenvalue weighted by molar-refractivity contribution is -0.109. The molecule has 94 valence electrons. The van der Waals surface area contributed by atoms with Crippen molar-refractivity contribution in [3.8, 4) is 5.75 Å². The first-order valence-corrected chi connectivity index (χ1v) is 6.28. The number of phenols is 1. The maximum absolute atomic E-state index is 10.7. The second kappa shape index (κ2) is 6.64. The minimum absolute atomic E-state index is 0.0192. The summed E-state index contributed by atoms with van der Waals surface area (Å²) in [6, 6.07) is 6.33. The van der Waals surface area contributed by atoms with Gasteiger partial charge in [-0.2, -0.15) is 0 Å². The van der Waals surface area contributed by atoms with Gasteiger partial charge in [-0.3, -0.25) is 4.79 Å². The molecule has 0 spiro atoms. The van der Waals surface area contributed by atoms with Gasteiger partial charge in [0.1, 0.15) is 11.9 Å². The van der Waals surface area contributed by atoms with Crippen LogP contribution in [0.4, 0.5) is 0 Å². The van der Waals surface area contributed by atoms with Gasteiger partial charge < -0.3 is 15.3 Å². The quantitative estimate of drug-likeness (QED) is 0.743. The van der Waals surface area contributed by atoms with Crippen LogP contribution < -0.4 is 0 Å². The number of hydrogen-bond donors (Lipinski definition) is 3. The van der Waals surface area contributed by atoms with Crippen molar-refractivity contribution in [1.29, 1.82) is 0 Å². The zero-order valence-corrected chi connectivity index (χ0v) is 10.4. The number of para-hydroxylation sites is 1. The summed E-state index contributed by atoms with van der Waals surface area (Å²) in [6.07, 6.45) is -1.83. The Kier molecular flexibility index (Phi) is 5.47. The Morgan fingerprint density at radius 2 is 2.00 bits per heavy atom. The van der Waals surface area contributed by atoms with Crippen LogP contribution in [0, 0.1) is 0 Å². The highest BCUT2D eigenvalue weighted by atomic mass is 32.2.